The molecule has 0 aliphatic carbocycles. The summed E-state index contributed by atoms with van der Waals surface area (Å²) in [6.07, 6.45) is 4.99. The number of Topliss-reactive ketones (excluding diaryl/α,β-unsaturated/α-hetero) is 1. The van der Waals surface area contributed by atoms with E-state index in [-0.39, 0.29) is 22.8 Å². The Hall–Kier alpha value is -2.51. The van der Waals surface area contributed by atoms with Crippen molar-refractivity contribution >= 4 is 5.78 Å². The van der Waals surface area contributed by atoms with Crippen LogP contribution in [0.25, 0.3) is 0 Å². The molecule has 2 aromatic carbocycles. The van der Waals surface area contributed by atoms with Crippen LogP contribution in [0.5, 0.6) is 0 Å². The monoisotopic (exact) mass is 362 g/mol. The van der Waals surface area contributed by atoms with Gasteiger partial charge in [0, 0.05) is 24.5 Å². The fourth-order valence-electron chi connectivity index (χ4n) is 4.75. The second kappa shape index (κ2) is 7.62. The summed E-state index contributed by atoms with van der Waals surface area (Å²) in [5.74, 6) is -0.807. The van der Waals surface area contributed by atoms with Crippen molar-refractivity contribution in [3.63, 3.8) is 0 Å². The van der Waals surface area contributed by atoms with Gasteiger partial charge in [0.05, 0.1) is 17.2 Å². The minimum atomic E-state index is -0.573. The summed E-state index contributed by atoms with van der Waals surface area (Å²) in [5.41, 5.74) is 1.68. The van der Waals surface area contributed by atoms with Crippen molar-refractivity contribution < 1.29 is 9.18 Å². The zero-order valence-corrected chi connectivity index (χ0v) is 15.3. The van der Waals surface area contributed by atoms with Crippen molar-refractivity contribution in [1.82, 2.24) is 4.90 Å². The van der Waals surface area contributed by atoms with E-state index in [0.717, 1.165) is 32.2 Å². The lowest BCUT2D eigenvalue weighted by Crippen LogP contribution is -2.52. The van der Waals surface area contributed by atoms with Crippen LogP contribution in [0.3, 0.4) is 0 Å². The first-order valence-corrected chi connectivity index (χ1v) is 9.69. The molecular formula is C23H23FN2O. The molecule has 0 amide bonds. The van der Waals surface area contributed by atoms with Gasteiger partial charge in [-0.1, -0.05) is 36.8 Å². The number of carbonyl (C=O) groups excluding carboxylic acids is 1. The Balaban J connectivity index is 1.51. The van der Waals surface area contributed by atoms with E-state index >= 15 is 0 Å². The Morgan fingerprint density at radius 1 is 1.11 bits per heavy atom. The van der Waals surface area contributed by atoms with Gasteiger partial charge in [-0.05, 0) is 49.4 Å². The van der Waals surface area contributed by atoms with Crippen LogP contribution in [0.2, 0.25) is 0 Å². The van der Waals surface area contributed by atoms with Crippen molar-refractivity contribution in [2.75, 3.05) is 0 Å². The molecule has 27 heavy (non-hydrogen) atoms. The average molecular weight is 362 g/mol. The van der Waals surface area contributed by atoms with Crippen LogP contribution in [0.4, 0.5) is 4.39 Å². The molecule has 4 heteroatoms. The summed E-state index contributed by atoms with van der Waals surface area (Å²) in [5, 5.41) is 8.89. The Bertz CT molecular complexity index is 860. The zero-order valence-electron chi connectivity index (χ0n) is 15.3. The van der Waals surface area contributed by atoms with Crippen LogP contribution in [0.15, 0.2) is 48.5 Å². The topological polar surface area (TPSA) is 44.1 Å². The number of rotatable bonds is 4. The first-order chi connectivity index (χ1) is 13.2. The maximum absolute atomic E-state index is 14.3. The minimum Gasteiger partial charge on any atom is -0.294 e. The van der Waals surface area contributed by atoms with Gasteiger partial charge in [0.1, 0.15) is 5.82 Å². The van der Waals surface area contributed by atoms with E-state index in [1.807, 2.05) is 12.1 Å². The molecule has 2 aromatic rings. The summed E-state index contributed by atoms with van der Waals surface area (Å²) in [4.78, 5) is 15.5. The summed E-state index contributed by atoms with van der Waals surface area (Å²) in [6, 6.07) is 17.3. The Labute approximate surface area is 159 Å². The quantitative estimate of drug-likeness (QED) is 0.740. The number of nitriles is 1. The molecule has 2 bridgehead atoms. The molecule has 2 saturated heterocycles. The van der Waals surface area contributed by atoms with Gasteiger partial charge in [-0.2, -0.15) is 5.26 Å². The average Bonchev–Trinajstić information content (AvgIpc) is 2.68. The maximum atomic E-state index is 14.3. The fraction of sp³-hybridized carbons (Fsp3) is 0.391. The van der Waals surface area contributed by atoms with Crippen LogP contribution >= 0.6 is 0 Å². The minimum absolute atomic E-state index is 0.103. The molecule has 0 radical (unpaired) electrons. The third-order valence-corrected chi connectivity index (χ3v) is 6.07. The lowest BCUT2D eigenvalue weighted by atomic mass is 9.75. The molecule has 0 saturated carbocycles. The van der Waals surface area contributed by atoms with Crippen LogP contribution in [0, 0.1) is 23.1 Å². The van der Waals surface area contributed by atoms with Crippen molar-refractivity contribution in [3.8, 4) is 6.07 Å². The fourth-order valence-corrected chi connectivity index (χ4v) is 4.75. The number of hydrogen-bond acceptors (Lipinski definition) is 3. The number of ketones is 1. The van der Waals surface area contributed by atoms with E-state index in [4.69, 9.17) is 5.26 Å². The second-order valence-electron chi connectivity index (χ2n) is 7.74. The molecule has 2 fully saturated rings. The number of carbonyl (C=O) groups is 1. The van der Waals surface area contributed by atoms with Gasteiger partial charge in [-0.3, -0.25) is 9.69 Å². The lowest BCUT2D eigenvalue weighted by Gasteiger charge is -2.48. The summed E-state index contributed by atoms with van der Waals surface area (Å²) < 4.78 is 14.3. The number of halogens is 1. The van der Waals surface area contributed by atoms with E-state index in [2.05, 4.69) is 29.2 Å². The smallest absolute Gasteiger partial charge is 0.169 e. The highest BCUT2D eigenvalue weighted by Gasteiger charge is 2.41. The van der Waals surface area contributed by atoms with E-state index in [9.17, 15) is 9.18 Å². The molecule has 2 aliphatic rings. The van der Waals surface area contributed by atoms with Gasteiger partial charge >= 0.3 is 0 Å². The summed E-state index contributed by atoms with van der Waals surface area (Å²) in [7, 11) is 0. The van der Waals surface area contributed by atoms with Gasteiger partial charge in [0.15, 0.2) is 5.78 Å². The molecule has 0 N–H and O–H groups in total. The maximum Gasteiger partial charge on any atom is 0.169 e. The molecule has 3 nitrogen and oxygen atoms in total. The molecule has 2 aliphatic heterocycles. The molecule has 4 rings (SSSR count). The van der Waals surface area contributed by atoms with Gasteiger partial charge in [0.25, 0.3) is 0 Å². The number of benzene rings is 2. The molecule has 2 atom stereocenters. The second-order valence-corrected chi connectivity index (χ2v) is 7.74. The number of fused-ring (bicyclic) bond motifs is 2. The van der Waals surface area contributed by atoms with Crippen molar-refractivity contribution in [2.24, 2.45) is 5.92 Å². The van der Waals surface area contributed by atoms with Crippen molar-refractivity contribution in [3.05, 3.63) is 71.0 Å². The van der Waals surface area contributed by atoms with Crippen LogP contribution in [-0.2, 0) is 6.54 Å². The number of nitrogens with zero attached hydrogens (tertiary/aromatic N) is 2. The van der Waals surface area contributed by atoms with Gasteiger partial charge in [-0.25, -0.2) is 4.39 Å². The third-order valence-electron chi connectivity index (χ3n) is 6.07. The van der Waals surface area contributed by atoms with E-state index in [1.54, 1.807) is 0 Å². The Morgan fingerprint density at radius 3 is 2.44 bits per heavy atom. The largest absolute Gasteiger partial charge is 0.294 e. The van der Waals surface area contributed by atoms with Crippen LogP contribution < -0.4 is 0 Å². The van der Waals surface area contributed by atoms with Crippen molar-refractivity contribution in [1.29, 1.82) is 5.26 Å². The summed E-state index contributed by atoms with van der Waals surface area (Å²) in [6.45, 7) is 0.919. The van der Waals surface area contributed by atoms with E-state index < -0.39 is 5.82 Å². The van der Waals surface area contributed by atoms with Crippen LogP contribution in [0.1, 0.15) is 53.6 Å². The lowest BCUT2D eigenvalue weighted by molar-refractivity contribution is 0.00895. The molecule has 0 spiro atoms. The molecular weight excluding hydrogens is 339 g/mol. The van der Waals surface area contributed by atoms with Crippen molar-refractivity contribution in [2.45, 2.75) is 50.7 Å². The molecule has 2 unspecified atom stereocenters. The predicted molar refractivity (Wildman–Crippen MR) is 102 cm³/mol. The standard InChI is InChI=1S/C23H23FN2O/c24-22-11-17(14-25)9-10-21(22)23(27)18-12-19-7-4-8-20(13-18)26(19)15-16-5-2-1-3-6-16/h1-3,5-6,9-11,18-20H,4,7-8,12-13,15H2. The number of piperidine rings is 2. The normalized spacial score (nSPS) is 25.0. The Morgan fingerprint density at radius 2 is 1.81 bits per heavy atom. The predicted octanol–water partition coefficient (Wildman–Crippen LogP) is 4.71. The molecule has 0 aromatic heterocycles. The third kappa shape index (κ3) is 3.65. The first-order valence-electron chi connectivity index (χ1n) is 9.69. The van der Waals surface area contributed by atoms with Gasteiger partial charge in [-0.15, -0.1) is 0 Å². The van der Waals surface area contributed by atoms with E-state index in [1.165, 1.54) is 30.2 Å². The summed E-state index contributed by atoms with van der Waals surface area (Å²) >= 11 is 0. The Kier molecular flexibility index (Phi) is 5.05. The van der Waals surface area contributed by atoms with Gasteiger partial charge in [0.2, 0.25) is 0 Å². The zero-order chi connectivity index (χ0) is 18.8. The highest BCUT2D eigenvalue weighted by Crippen LogP contribution is 2.39. The van der Waals surface area contributed by atoms with Crippen LogP contribution in [-0.4, -0.2) is 22.8 Å². The number of hydrogen-bond donors (Lipinski definition) is 0. The highest BCUT2D eigenvalue weighted by molar-refractivity contribution is 5.98. The molecule has 2 heterocycles. The first kappa shape index (κ1) is 17.9. The highest BCUT2D eigenvalue weighted by atomic mass is 19.1. The van der Waals surface area contributed by atoms with E-state index in [0.29, 0.717) is 12.1 Å². The SMILES string of the molecule is N#Cc1ccc(C(=O)C2CC3CCCC(C2)N3Cc2ccccc2)c(F)c1. The van der Waals surface area contributed by atoms with Gasteiger partial charge < -0.3 is 0 Å². The molecule has 138 valence electrons.